The van der Waals surface area contributed by atoms with Crippen molar-refractivity contribution < 1.29 is 4.79 Å². The van der Waals surface area contributed by atoms with Gasteiger partial charge in [-0.15, -0.1) is 0 Å². The molecule has 1 atom stereocenters. The summed E-state index contributed by atoms with van der Waals surface area (Å²) >= 11 is 0. The van der Waals surface area contributed by atoms with Crippen molar-refractivity contribution in [2.75, 3.05) is 13.1 Å². The number of hydrogen-bond donors (Lipinski definition) is 1. The molecule has 74 valence electrons. The second-order valence-corrected chi connectivity index (χ2v) is 4.29. The number of rotatable bonds is 2. The van der Waals surface area contributed by atoms with E-state index < -0.39 is 0 Å². The van der Waals surface area contributed by atoms with Crippen LogP contribution in [0.25, 0.3) is 0 Å². The molecule has 0 bridgehead atoms. The van der Waals surface area contributed by atoms with Crippen LogP contribution in [0.1, 0.15) is 32.1 Å². The van der Waals surface area contributed by atoms with Crippen molar-refractivity contribution in [1.29, 1.82) is 0 Å². The van der Waals surface area contributed by atoms with Crippen LogP contribution in [0.2, 0.25) is 0 Å². The summed E-state index contributed by atoms with van der Waals surface area (Å²) in [6.45, 7) is 1.58. The fourth-order valence-corrected chi connectivity index (χ4v) is 2.54. The quantitative estimate of drug-likeness (QED) is 0.684. The predicted octanol–water partition coefficient (Wildman–Crippen LogP) is 0.736. The highest BCUT2D eigenvalue weighted by molar-refractivity contribution is 5.79. The highest BCUT2D eigenvalue weighted by Gasteiger charge is 2.34. The van der Waals surface area contributed by atoms with Gasteiger partial charge in [0.15, 0.2) is 0 Å². The number of hydrogen-bond acceptors (Lipinski definition) is 2. The van der Waals surface area contributed by atoms with Crippen LogP contribution in [0.15, 0.2) is 0 Å². The van der Waals surface area contributed by atoms with Gasteiger partial charge in [-0.2, -0.15) is 0 Å². The average molecular weight is 182 g/mol. The fraction of sp³-hybridized carbons (Fsp3) is 0.900. The first-order valence-electron chi connectivity index (χ1n) is 5.31. The van der Waals surface area contributed by atoms with E-state index in [1.807, 2.05) is 0 Å². The van der Waals surface area contributed by atoms with Crippen LogP contribution in [-0.4, -0.2) is 29.9 Å². The topological polar surface area (TPSA) is 46.3 Å². The zero-order valence-electron chi connectivity index (χ0n) is 8.04. The molecule has 0 spiro atoms. The van der Waals surface area contributed by atoms with Crippen LogP contribution in [0, 0.1) is 5.92 Å². The van der Waals surface area contributed by atoms with Crippen LogP contribution >= 0.6 is 0 Å². The van der Waals surface area contributed by atoms with Crippen molar-refractivity contribution in [3.63, 3.8) is 0 Å². The number of likely N-dealkylation sites (tertiary alicyclic amines) is 1. The molecule has 2 N–H and O–H groups in total. The van der Waals surface area contributed by atoms with Crippen LogP contribution in [0.3, 0.4) is 0 Å². The molecule has 2 fully saturated rings. The largest absolute Gasteiger partial charge is 0.339 e. The molecule has 0 aromatic heterocycles. The maximum Gasteiger partial charge on any atom is 0.223 e. The van der Waals surface area contributed by atoms with Crippen molar-refractivity contribution in [2.24, 2.45) is 11.7 Å². The van der Waals surface area contributed by atoms with E-state index in [-0.39, 0.29) is 0 Å². The van der Waals surface area contributed by atoms with Gasteiger partial charge in [0.1, 0.15) is 0 Å². The Hall–Kier alpha value is -0.570. The Bertz CT molecular complexity index is 199. The molecule has 13 heavy (non-hydrogen) atoms. The fourth-order valence-electron chi connectivity index (χ4n) is 2.54. The molecule has 1 amide bonds. The summed E-state index contributed by atoms with van der Waals surface area (Å²) in [6.07, 6.45) is 5.70. The Morgan fingerprint density at radius 3 is 2.62 bits per heavy atom. The van der Waals surface area contributed by atoms with Crippen LogP contribution in [0.5, 0.6) is 0 Å². The zero-order chi connectivity index (χ0) is 9.26. The minimum atomic E-state index is 0.336. The standard InChI is InChI=1S/C10H18N2O/c11-6-8-5-10(13)12(7-8)9-3-1-2-4-9/h8-9H,1-7,11H2. The van der Waals surface area contributed by atoms with Gasteiger partial charge in [0.05, 0.1) is 0 Å². The van der Waals surface area contributed by atoms with E-state index in [4.69, 9.17) is 5.73 Å². The normalized spacial score (nSPS) is 30.4. The lowest BCUT2D eigenvalue weighted by atomic mass is 10.1. The third-order valence-electron chi connectivity index (χ3n) is 3.34. The first-order valence-corrected chi connectivity index (χ1v) is 5.31. The number of nitrogens with zero attached hydrogens (tertiary/aromatic N) is 1. The van der Waals surface area contributed by atoms with Gasteiger partial charge >= 0.3 is 0 Å². The molecule has 3 heteroatoms. The lowest BCUT2D eigenvalue weighted by Gasteiger charge is -2.23. The van der Waals surface area contributed by atoms with Gasteiger partial charge in [0.25, 0.3) is 0 Å². The second kappa shape index (κ2) is 3.66. The molecular weight excluding hydrogens is 164 g/mol. The van der Waals surface area contributed by atoms with Crippen molar-refractivity contribution in [3.05, 3.63) is 0 Å². The molecule has 2 aliphatic rings. The maximum atomic E-state index is 11.6. The molecule has 1 saturated carbocycles. The monoisotopic (exact) mass is 182 g/mol. The Morgan fingerprint density at radius 2 is 2.08 bits per heavy atom. The van der Waals surface area contributed by atoms with E-state index in [2.05, 4.69) is 4.90 Å². The average Bonchev–Trinajstić information content (AvgIpc) is 2.72. The third-order valence-corrected chi connectivity index (χ3v) is 3.34. The SMILES string of the molecule is NCC1CC(=O)N(C2CCCC2)C1. The van der Waals surface area contributed by atoms with Crippen LogP contribution in [0.4, 0.5) is 0 Å². The van der Waals surface area contributed by atoms with Crippen molar-refractivity contribution >= 4 is 5.91 Å². The number of carbonyl (C=O) groups is 1. The van der Waals surface area contributed by atoms with Gasteiger partial charge in [-0.1, -0.05) is 12.8 Å². The van der Waals surface area contributed by atoms with E-state index in [9.17, 15) is 4.79 Å². The summed E-state index contributed by atoms with van der Waals surface area (Å²) in [5.74, 6) is 0.760. The van der Waals surface area contributed by atoms with Gasteiger partial charge in [0.2, 0.25) is 5.91 Å². The summed E-state index contributed by atoms with van der Waals surface area (Å²) in [4.78, 5) is 13.7. The minimum Gasteiger partial charge on any atom is -0.339 e. The molecular formula is C10H18N2O. The lowest BCUT2D eigenvalue weighted by molar-refractivity contribution is -0.129. The number of nitrogens with two attached hydrogens (primary N) is 1. The molecule has 0 radical (unpaired) electrons. The summed E-state index contributed by atoms with van der Waals surface area (Å²) in [6, 6.07) is 0.545. The summed E-state index contributed by atoms with van der Waals surface area (Å²) < 4.78 is 0. The first kappa shape index (κ1) is 9.00. The molecule has 1 aliphatic heterocycles. The van der Waals surface area contributed by atoms with Crippen LogP contribution in [-0.2, 0) is 4.79 Å². The van der Waals surface area contributed by atoms with E-state index in [0.29, 0.717) is 30.8 Å². The van der Waals surface area contributed by atoms with Gasteiger partial charge in [-0.3, -0.25) is 4.79 Å². The maximum absolute atomic E-state index is 11.6. The molecule has 0 aromatic rings. The lowest BCUT2D eigenvalue weighted by Crippen LogP contribution is -2.34. The summed E-state index contributed by atoms with van der Waals surface area (Å²) in [7, 11) is 0. The van der Waals surface area contributed by atoms with Crippen molar-refractivity contribution in [3.8, 4) is 0 Å². The van der Waals surface area contributed by atoms with Gasteiger partial charge in [-0.05, 0) is 25.3 Å². The smallest absolute Gasteiger partial charge is 0.223 e. The highest BCUT2D eigenvalue weighted by Crippen LogP contribution is 2.28. The van der Waals surface area contributed by atoms with E-state index in [1.165, 1.54) is 25.7 Å². The Labute approximate surface area is 79.3 Å². The van der Waals surface area contributed by atoms with Crippen molar-refractivity contribution in [1.82, 2.24) is 4.90 Å². The number of amides is 1. The van der Waals surface area contributed by atoms with Crippen molar-refractivity contribution in [2.45, 2.75) is 38.1 Å². The molecule has 0 aromatic carbocycles. The van der Waals surface area contributed by atoms with Gasteiger partial charge in [0, 0.05) is 19.0 Å². The number of carbonyl (C=O) groups excluding carboxylic acids is 1. The molecule has 2 rings (SSSR count). The molecule has 3 nitrogen and oxygen atoms in total. The van der Waals surface area contributed by atoms with E-state index in [0.717, 1.165) is 6.54 Å². The molecule has 1 heterocycles. The highest BCUT2D eigenvalue weighted by atomic mass is 16.2. The Balaban J connectivity index is 1.95. The minimum absolute atomic E-state index is 0.336. The summed E-state index contributed by atoms with van der Waals surface area (Å²) in [5.41, 5.74) is 5.58. The summed E-state index contributed by atoms with van der Waals surface area (Å²) in [5, 5.41) is 0. The van der Waals surface area contributed by atoms with Crippen LogP contribution < -0.4 is 5.73 Å². The first-order chi connectivity index (χ1) is 6.31. The van der Waals surface area contributed by atoms with Gasteiger partial charge in [-0.25, -0.2) is 0 Å². The molecule has 1 unspecified atom stereocenters. The second-order valence-electron chi connectivity index (χ2n) is 4.29. The Morgan fingerprint density at radius 1 is 1.38 bits per heavy atom. The molecule has 1 aliphatic carbocycles. The zero-order valence-corrected chi connectivity index (χ0v) is 8.04. The third kappa shape index (κ3) is 1.70. The molecule has 1 saturated heterocycles. The van der Waals surface area contributed by atoms with E-state index in [1.54, 1.807) is 0 Å². The Kier molecular flexibility index (Phi) is 2.54. The van der Waals surface area contributed by atoms with E-state index >= 15 is 0 Å². The van der Waals surface area contributed by atoms with Gasteiger partial charge < -0.3 is 10.6 Å². The predicted molar refractivity (Wildman–Crippen MR) is 51.1 cm³/mol.